The van der Waals surface area contributed by atoms with Crippen molar-refractivity contribution >= 4 is 23.4 Å². The highest BCUT2D eigenvalue weighted by Gasteiger charge is 2.36. The fourth-order valence-corrected chi connectivity index (χ4v) is 3.51. The first kappa shape index (κ1) is 18.4. The van der Waals surface area contributed by atoms with Crippen LogP contribution in [-0.4, -0.2) is 48.8 Å². The molecule has 1 aromatic rings. The number of anilines is 1. The van der Waals surface area contributed by atoms with Crippen molar-refractivity contribution in [1.82, 2.24) is 10.2 Å². The fourth-order valence-electron chi connectivity index (χ4n) is 3.51. The largest absolute Gasteiger partial charge is 0.356 e. The van der Waals surface area contributed by atoms with E-state index in [4.69, 9.17) is 0 Å². The summed E-state index contributed by atoms with van der Waals surface area (Å²) in [6, 6.07) is 4.71. The van der Waals surface area contributed by atoms with Crippen LogP contribution in [0, 0.1) is 18.7 Å². The Labute approximate surface area is 152 Å². The highest BCUT2D eigenvalue weighted by molar-refractivity contribution is 6.00. The number of carbonyl (C=O) groups is 3. The molecule has 3 rings (SSSR count). The molecule has 2 aliphatic rings. The minimum absolute atomic E-state index is 0.0871. The summed E-state index contributed by atoms with van der Waals surface area (Å²) in [5.41, 5.74) is 1.01. The molecule has 0 unspecified atom stereocenters. The Morgan fingerprint density at radius 3 is 2.81 bits per heavy atom. The maximum Gasteiger partial charge on any atom is 0.227 e. The monoisotopic (exact) mass is 361 g/mol. The highest BCUT2D eigenvalue weighted by Crippen LogP contribution is 2.28. The van der Waals surface area contributed by atoms with Gasteiger partial charge in [0, 0.05) is 39.0 Å². The van der Waals surface area contributed by atoms with Crippen molar-refractivity contribution in [2.75, 3.05) is 31.1 Å². The van der Waals surface area contributed by atoms with Gasteiger partial charge in [0.2, 0.25) is 17.7 Å². The predicted molar refractivity (Wildman–Crippen MR) is 95.0 cm³/mol. The molecule has 1 atom stereocenters. The molecule has 7 heteroatoms. The highest BCUT2D eigenvalue weighted by atomic mass is 19.1. The number of amides is 3. The molecule has 0 aromatic heterocycles. The Bertz CT molecular complexity index is 722. The van der Waals surface area contributed by atoms with Crippen LogP contribution in [0.5, 0.6) is 0 Å². The van der Waals surface area contributed by atoms with E-state index in [1.54, 1.807) is 19.1 Å². The van der Waals surface area contributed by atoms with Gasteiger partial charge in [-0.2, -0.15) is 0 Å². The summed E-state index contributed by atoms with van der Waals surface area (Å²) in [4.78, 5) is 39.2. The molecular formula is C19H24FN3O3. The van der Waals surface area contributed by atoms with E-state index in [9.17, 15) is 18.8 Å². The number of carbonyl (C=O) groups excluding carboxylic acids is 3. The average Bonchev–Trinajstić information content (AvgIpc) is 3.17. The second-order valence-corrected chi connectivity index (χ2v) is 6.99. The van der Waals surface area contributed by atoms with E-state index in [0.717, 1.165) is 18.5 Å². The molecule has 2 saturated heterocycles. The van der Waals surface area contributed by atoms with Crippen LogP contribution in [-0.2, 0) is 14.4 Å². The Kier molecular flexibility index (Phi) is 5.54. The third-order valence-corrected chi connectivity index (χ3v) is 4.97. The lowest BCUT2D eigenvalue weighted by Gasteiger charge is -2.18. The number of nitrogens with one attached hydrogen (secondary N) is 1. The van der Waals surface area contributed by atoms with Crippen LogP contribution in [0.1, 0.15) is 31.2 Å². The van der Waals surface area contributed by atoms with Crippen molar-refractivity contribution in [3.8, 4) is 0 Å². The standard InChI is InChI=1S/C19H24FN3O3/c1-13-5-6-16(15(20)10-13)23-12-14(11-18(23)25)19(26)21-7-3-9-22-8-2-4-17(22)24/h5-6,10,14H,2-4,7-9,11-12H2,1H3,(H,21,26)/t14-/m1/s1. The lowest BCUT2D eigenvalue weighted by molar-refractivity contribution is -0.127. The normalized spacial score (nSPS) is 20.2. The maximum absolute atomic E-state index is 14.1. The van der Waals surface area contributed by atoms with Crippen LogP contribution in [0.15, 0.2) is 18.2 Å². The quantitative estimate of drug-likeness (QED) is 0.783. The molecule has 1 N–H and O–H groups in total. The molecule has 6 nitrogen and oxygen atoms in total. The molecule has 0 radical (unpaired) electrons. The molecular weight excluding hydrogens is 337 g/mol. The molecule has 2 aliphatic heterocycles. The zero-order valence-corrected chi connectivity index (χ0v) is 15.0. The summed E-state index contributed by atoms with van der Waals surface area (Å²) >= 11 is 0. The number of hydrogen-bond donors (Lipinski definition) is 1. The molecule has 140 valence electrons. The Morgan fingerprint density at radius 1 is 1.31 bits per heavy atom. The van der Waals surface area contributed by atoms with Gasteiger partial charge in [-0.25, -0.2) is 4.39 Å². The summed E-state index contributed by atoms with van der Waals surface area (Å²) in [6.45, 7) is 3.87. The molecule has 2 heterocycles. The van der Waals surface area contributed by atoms with Gasteiger partial charge in [0.15, 0.2) is 0 Å². The third-order valence-electron chi connectivity index (χ3n) is 4.97. The number of nitrogens with zero attached hydrogens (tertiary/aromatic N) is 2. The minimum Gasteiger partial charge on any atom is -0.356 e. The first-order chi connectivity index (χ1) is 12.5. The number of hydrogen-bond acceptors (Lipinski definition) is 3. The zero-order valence-electron chi connectivity index (χ0n) is 15.0. The van der Waals surface area contributed by atoms with E-state index >= 15 is 0 Å². The number of benzene rings is 1. The van der Waals surface area contributed by atoms with Crippen LogP contribution in [0.3, 0.4) is 0 Å². The first-order valence-electron chi connectivity index (χ1n) is 9.07. The van der Waals surface area contributed by atoms with Gasteiger partial charge in [-0.3, -0.25) is 14.4 Å². The van der Waals surface area contributed by atoms with Crippen molar-refractivity contribution in [3.63, 3.8) is 0 Å². The minimum atomic E-state index is -0.475. The van der Waals surface area contributed by atoms with E-state index in [2.05, 4.69) is 5.32 Å². The zero-order chi connectivity index (χ0) is 18.7. The molecule has 0 aliphatic carbocycles. The van der Waals surface area contributed by atoms with Gasteiger partial charge in [-0.15, -0.1) is 0 Å². The second-order valence-electron chi connectivity index (χ2n) is 6.99. The van der Waals surface area contributed by atoms with Gasteiger partial charge in [0.1, 0.15) is 5.82 Å². The van der Waals surface area contributed by atoms with Crippen LogP contribution < -0.4 is 10.2 Å². The van der Waals surface area contributed by atoms with Crippen LogP contribution in [0.25, 0.3) is 0 Å². The SMILES string of the molecule is Cc1ccc(N2C[C@H](C(=O)NCCCN3CCCC3=O)CC2=O)c(F)c1. The number of likely N-dealkylation sites (tertiary alicyclic amines) is 1. The number of aryl methyl sites for hydroxylation is 1. The average molecular weight is 361 g/mol. The van der Waals surface area contributed by atoms with Crippen molar-refractivity contribution in [1.29, 1.82) is 0 Å². The van der Waals surface area contributed by atoms with Crippen molar-refractivity contribution in [2.45, 2.75) is 32.6 Å². The molecule has 0 bridgehead atoms. The van der Waals surface area contributed by atoms with E-state index < -0.39 is 11.7 Å². The van der Waals surface area contributed by atoms with Crippen molar-refractivity contribution in [2.24, 2.45) is 5.92 Å². The Balaban J connectivity index is 1.48. The summed E-state index contributed by atoms with van der Waals surface area (Å²) in [5, 5.41) is 2.83. The summed E-state index contributed by atoms with van der Waals surface area (Å²) < 4.78 is 14.1. The van der Waals surface area contributed by atoms with Crippen LogP contribution in [0.2, 0.25) is 0 Å². The molecule has 0 spiro atoms. The van der Waals surface area contributed by atoms with E-state index in [-0.39, 0.29) is 36.4 Å². The van der Waals surface area contributed by atoms with Crippen molar-refractivity contribution in [3.05, 3.63) is 29.6 Å². The van der Waals surface area contributed by atoms with Gasteiger partial charge in [-0.05, 0) is 37.5 Å². The lowest BCUT2D eigenvalue weighted by Crippen LogP contribution is -2.35. The third kappa shape index (κ3) is 4.03. The number of halogens is 1. The second kappa shape index (κ2) is 7.85. The smallest absolute Gasteiger partial charge is 0.227 e. The van der Waals surface area contributed by atoms with E-state index in [1.807, 2.05) is 4.90 Å². The molecule has 3 amide bonds. The van der Waals surface area contributed by atoms with E-state index in [0.29, 0.717) is 25.9 Å². The molecule has 2 fully saturated rings. The maximum atomic E-state index is 14.1. The Hall–Kier alpha value is -2.44. The summed E-state index contributed by atoms with van der Waals surface area (Å²) in [7, 11) is 0. The van der Waals surface area contributed by atoms with Crippen molar-refractivity contribution < 1.29 is 18.8 Å². The molecule has 0 saturated carbocycles. The molecule has 1 aromatic carbocycles. The van der Waals surface area contributed by atoms with Gasteiger partial charge in [0.25, 0.3) is 0 Å². The van der Waals surface area contributed by atoms with Crippen LogP contribution in [0.4, 0.5) is 10.1 Å². The molecule has 26 heavy (non-hydrogen) atoms. The lowest BCUT2D eigenvalue weighted by atomic mass is 10.1. The fraction of sp³-hybridized carbons (Fsp3) is 0.526. The summed E-state index contributed by atoms with van der Waals surface area (Å²) in [5.74, 6) is -1.18. The topological polar surface area (TPSA) is 69.7 Å². The summed E-state index contributed by atoms with van der Waals surface area (Å²) in [6.07, 6.45) is 2.29. The number of rotatable bonds is 6. The van der Waals surface area contributed by atoms with Crippen LogP contribution >= 0.6 is 0 Å². The first-order valence-corrected chi connectivity index (χ1v) is 9.07. The van der Waals surface area contributed by atoms with Gasteiger partial charge in [0.05, 0.1) is 11.6 Å². The van der Waals surface area contributed by atoms with Gasteiger partial charge in [-0.1, -0.05) is 6.07 Å². The van der Waals surface area contributed by atoms with Gasteiger partial charge >= 0.3 is 0 Å². The van der Waals surface area contributed by atoms with Gasteiger partial charge < -0.3 is 15.1 Å². The Morgan fingerprint density at radius 2 is 2.12 bits per heavy atom. The van der Waals surface area contributed by atoms with E-state index in [1.165, 1.54) is 11.0 Å². The predicted octanol–water partition coefficient (Wildman–Crippen LogP) is 1.62.